The lowest BCUT2D eigenvalue weighted by Crippen LogP contribution is -2.05. The summed E-state index contributed by atoms with van der Waals surface area (Å²) in [4.78, 5) is 27.6. The van der Waals surface area contributed by atoms with E-state index in [2.05, 4.69) is 4.99 Å². The summed E-state index contributed by atoms with van der Waals surface area (Å²) in [7, 11) is 0. The molecule has 6 heteroatoms. The molecule has 0 radical (unpaired) electrons. The van der Waals surface area contributed by atoms with E-state index in [4.69, 9.17) is 14.2 Å². The summed E-state index contributed by atoms with van der Waals surface area (Å²) in [6, 6.07) is 23.3. The maximum atomic E-state index is 12.2. The molecule has 4 rings (SSSR count). The monoisotopic (exact) mass is 399 g/mol. The van der Waals surface area contributed by atoms with Gasteiger partial charge in [-0.3, -0.25) is 4.79 Å². The summed E-state index contributed by atoms with van der Waals surface area (Å²) in [5, 5.41) is 0. The first-order valence-electron chi connectivity index (χ1n) is 9.21. The Balaban J connectivity index is 1.52. The molecule has 0 spiro atoms. The first-order valence-corrected chi connectivity index (χ1v) is 9.21. The molecule has 0 fully saturated rings. The molecule has 0 atom stereocenters. The largest absolute Gasteiger partial charge is 0.457 e. The van der Waals surface area contributed by atoms with Crippen LogP contribution >= 0.6 is 0 Å². The van der Waals surface area contributed by atoms with Gasteiger partial charge in [0.25, 0.3) is 0 Å². The van der Waals surface area contributed by atoms with E-state index in [1.54, 1.807) is 54.6 Å². The van der Waals surface area contributed by atoms with Gasteiger partial charge in [-0.05, 0) is 60.2 Å². The van der Waals surface area contributed by atoms with Crippen LogP contribution in [0, 0.1) is 0 Å². The minimum absolute atomic E-state index is 0.162. The van der Waals surface area contributed by atoms with Crippen LogP contribution in [0.4, 0.5) is 0 Å². The van der Waals surface area contributed by atoms with Gasteiger partial charge in [-0.15, -0.1) is 0 Å². The maximum Gasteiger partial charge on any atom is 0.363 e. The summed E-state index contributed by atoms with van der Waals surface area (Å²) >= 11 is 0. The Morgan fingerprint density at radius 1 is 0.900 bits per heavy atom. The van der Waals surface area contributed by atoms with E-state index in [0.29, 0.717) is 22.6 Å². The van der Waals surface area contributed by atoms with E-state index < -0.39 is 11.9 Å². The van der Waals surface area contributed by atoms with Crippen LogP contribution in [0.3, 0.4) is 0 Å². The van der Waals surface area contributed by atoms with E-state index in [9.17, 15) is 9.59 Å². The third-order valence-corrected chi connectivity index (χ3v) is 4.12. The molecule has 1 aliphatic heterocycles. The number of aliphatic imine (C=N–C) groups is 1. The Morgan fingerprint density at radius 3 is 2.33 bits per heavy atom. The lowest BCUT2D eigenvalue weighted by molar-refractivity contribution is -0.132. The van der Waals surface area contributed by atoms with Crippen molar-refractivity contribution in [3.05, 3.63) is 95.7 Å². The SMILES string of the molecule is CC(=O)Oc1cccc(C=C2N=C(c3ccc(Oc4ccccc4)cc3)OC2=O)c1. The molecule has 3 aromatic rings. The van der Waals surface area contributed by atoms with Gasteiger partial charge >= 0.3 is 11.9 Å². The zero-order chi connectivity index (χ0) is 20.9. The number of esters is 2. The van der Waals surface area contributed by atoms with Crippen LogP contribution in [0.2, 0.25) is 0 Å². The van der Waals surface area contributed by atoms with Crippen molar-refractivity contribution in [3.8, 4) is 17.2 Å². The fourth-order valence-corrected chi connectivity index (χ4v) is 2.81. The highest BCUT2D eigenvalue weighted by atomic mass is 16.6. The third-order valence-electron chi connectivity index (χ3n) is 4.12. The number of cyclic esters (lactones) is 1. The van der Waals surface area contributed by atoms with E-state index in [1.807, 2.05) is 30.3 Å². The Hall–Kier alpha value is -4.19. The molecule has 6 nitrogen and oxygen atoms in total. The molecular formula is C24H17NO5. The Morgan fingerprint density at radius 2 is 1.60 bits per heavy atom. The summed E-state index contributed by atoms with van der Waals surface area (Å²) in [5.74, 6) is 1.03. The first-order chi connectivity index (χ1) is 14.6. The van der Waals surface area contributed by atoms with Gasteiger partial charge in [-0.1, -0.05) is 30.3 Å². The van der Waals surface area contributed by atoms with Crippen LogP contribution in [-0.2, 0) is 14.3 Å². The van der Waals surface area contributed by atoms with Gasteiger partial charge in [0.15, 0.2) is 5.70 Å². The molecule has 0 bridgehead atoms. The number of benzene rings is 3. The quantitative estimate of drug-likeness (QED) is 0.352. The molecule has 148 valence electrons. The number of carbonyl (C=O) groups excluding carboxylic acids is 2. The van der Waals surface area contributed by atoms with Crippen LogP contribution in [-0.4, -0.2) is 17.8 Å². The van der Waals surface area contributed by atoms with Crippen molar-refractivity contribution in [2.75, 3.05) is 0 Å². The number of ether oxygens (including phenoxy) is 3. The van der Waals surface area contributed by atoms with Crippen molar-refractivity contribution in [3.63, 3.8) is 0 Å². The van der Waals surface area contributed by atoms with E-state index >= 15 is 0 Å². The van der Waals surface area contributed by atoms with Crippen molar-refractivity contribution < 1.29 is 23.8 Å². The average Bonchev–Trinajstić information content (AvgIpc) is 3.09. The molecule has 0 amide bonds. The molecule has 1 aliphatic rings. The van der Waals surface area contributed by atoms with E-state index in [-0.39, 0.29) is 11.6 Å². The smallest absolute Gasteiger partial charge is 0.363 e. The number of para-hydroxylation sites is 1. The number of hydrogen-bond acceptors (Lipinski definition) is 6. The van der Waals surface area contributed by atoms with Crippen LogP contribution in [0.5, 0.6) is 17.2 Å². The van der Waals surface area contributed by atoms with Gasteiger partial charge in [0.2, 0.25) is 5.90 Å². The summed E-state index contributed by atoms with van der Waals surface area (Å²) in [5.41, 5.74) is 1.48. The molecule has 30 heavy (non-hydrogen) atoms. The second kappa shape index (κ2) is 8.45. The predicted molar refractivity (Wildman–Crippen MR) is 111 cm³/mol. The first kappa shape index (κ1) is 19.1. The molecule has 0 unspecified atom stereocenters. The van der Waals surface area contributed by atoms with E-state index in [1.165, 1.54) is 6.92 Å². The van der Waals surface area contributed by atoms with Gasteiger partial charge in [-0.2, -0.15) is 0 Å². The summed E-state index contributed by atoms with van der Waals surface area (Å²) in [6.45, 7) is 1.33. The van der Waals surface area contributed by atoms with Gasteiger partial charge in [0.05, 0.1) is 0 Å². The number of nitrogens with zero attached hydrogens (tertiary/aromatic N) is 1. The van der Waals surface area contributed by atoms with Crippen LogP contribution < -0.4 is 9.47 Å². The van der Waals surface area contributed by atoms with Gasteiger partial charge in [0.1, 0.15) is 17.2 Å². The third kappa shape index (κ3) is 4.62. The van der Waals surface area contributed by atoms with Gasteiger partial charge < -0.3 is 14.2 Å². The second-order valence-electron chi connectivity index (χ2n) is 6.44. The van der Waals surface area contributed by atoms with Crippen molar-refractivity contribution in [2.45, 2.75) is 6.92 Å². The fraction of sp³-hybridized carbons (Fsp3) is 0.0417. The maximum absolute atomic E-state index is 12.2. The summed E-state index contributed by atoms with van der Waals surface area (Å²) in [6.07, 6.45) is 1.58. The minimum atomic E-state index is -0.549. The van der Waals surface area contributed by atoms with Crippen molar-refractivity contribution >= 4 is 23.9 Å². The van der Waals surface area contributed by atoms with E-state index in [0.717, 1.165) is 5.75 Å². The molecular weight excluding hydrogens is 382 g/mol. The highest BCUT2D eigenvalue weighted by molar-refractivity contribution is 6.12. The lowest BCUT2D eigenvalue weighted by Gasteiger charge is -2.06. The molecule has 0 N–H and O–H groups in total. The van der Waals surface area contributed by atoms with Crippen LogP contribution in [0.1, 0.15) is 18.1 Å². The van der Waals surface area contributed by atoms with Crippen LogP contribution in [0.25, 0.3) is 6.08 Å². The zero-order valence-corrected chi connectivity index (χ0v) is 16.1. The number of carbonyl (C=O) groups is 2. The van der Waals surface area contributed by atoms with Gasteiger partial charge in [-0.25, -0.2) is 9.79 Å². The second-order valence-corrected chi connectivity index (χ2v) is 6.44. The fourth-order valence-electron chi connectivity index (χ4n) is 2.81. The average molecular weight is 399 g/mol. The molecule has 0 aromatic heterocycles. The Bertz CT molecular complexity index is 1150. The minimum Gasteiger partial charge on any atom is -0.457 e. The lowest BCUT2D eigenvalue weighted by atomic mass is 10.2. The van der Waals surface area contributed by atoms with Crippen LogP contribution in [0.15, 0.2) is 89.6 Å². The number of hydrogen-bond donors (Lipinski definition) is 0. The van der Waals surface area contributed by atoms with Crippen molar-refractivity contribution in [2.24, 2.45) is 4.99 Å². The number of rotatable bonds is 5. The standard InChI is InChI=1S/C24H17NO5/c1-16(26)28-21-9-5-6-17(14-21)15-22-24(27)30-23(25-22)18-10-12-20(13-11-18)29-19-7-3-2-4-8-19/h2-15H,1H3. The normalized spacial score (nSPS) is 14.2. The Kier molecular flexibility index (Phi) is 5.39. The molecule has 1 heterocycles. The highest BCUT2D eigenvalue weighted by Gasteiger charge is 2.24. The molecule has 0 saturated carbocycles. The molecule has 0 saturated heterocycles. The topological polar surface area (TPSA) is 74.2 Å². The molecule has 3 aromatic carbocycles. The highest BCUT2D eigenvalue weighted by Crippen LogP contribution is 2.24. The Labute approximate surface area is 173 Å². The van der Waals surface area contributed by atoms with Crippen molar-refractivity contribution in [1.29, 1.82) is 0 Å². The summed E-state index contributed by atoms with van der Waals surface area (Å²) < 4.78 is 16.1. The predicted octanol–water partition coefficient (Wildman–Crippen LogP) is 4.75. The van der Waals surface area contributed by atoms with Gasteiger partial charge in [0, 0.05) is 12.5 Å². The van der Waals surface area contributed by atoms with Crippen molar-refractivity contribution in [1.82, 2.24) is 0 Å². The molecule has 0 aliphatic carbocycles. The zero-order valence-electron chi connectivity index (χ0n) is 16.1.